The molecule has 1 aromatic carbocycles. The molecule has 0 amide bonds. The summed E-state index contributed by atoms with van der Waals surface area (Å²) in [5.41, 5.74) is 2.45. The van der Waals surface area contributed by atoms with Crippen molar-refractivity contribution in [3.8, 4) is 0 Å². The molecule has 0 atom stereocenters. The maximum Gasteiger partial charge on any atom is 2.00 e. The van der Waals surface area contributed by atoms with E-state index in [4.69, 9.17) is 10.0 Å². The first-order valence-electron chi connectivity index (χ1n) is 3.55. The van der Waals surface area contributed by atoms with Gasteiger partial charge in [0.2, 0.25) is 0 Å². The van der Waals surface area contributed by atoms with Crippen LogP contribution >= 0.6 is 0 Å². The van der Waals surface area contributed by atoms with Crippen molar-refractivity contribution in [3.05, 3.63) is 29.3 Å². The van der Waals surface area contributed by atoms with Crippen molar-refractivity contribution in [2.24, 2.45) is 0 Å². The van der Waals surface area contributed by atoms with Crippen LogP contribution in [0.1, 0.15) is 11.1 Å². The van der Waals surface area contributed by atoms with Gasteiger partial charge in [-0.25, -0.2) is 0 Å². The molecule has 17 heavy (non-hydrogen) atoms. The Morgan fingerprint density at radius 2 is 1.12 bits per heavy atom. The van der Waals surface area contributed by atoms with Crippen molar-refractivity contribution in [2.75, 3.05) is 0 Å². The molecule has 0 bridgehead atoms. The minimum Gasteiger partial charge on any atom is -1.00 e. The van der Waals surface area contributed by atoms with Crippen molar-refractivity contribution in [1.82, 2.24) is 0 Å². The Bertz CT molecular complexity index is 259. The van der Waals surface area contributed by atoms with Crippen molar-refractivity contribution < 1.29 is 59.7 Å². The number of benzene rings is 1. The van der Waals surface area contributed by atoms with Crippen molar-refractivity contribution >= 4 is 58.7 Å². The molecule has 1 aromatic rings. The summed E-state index contributed by atoms with van der Waals surface area (Å²) in [6.45, 7) is 3.73. The van der Waals surface area contributed by atoms with E-state index in [0.717, 1.165) is 11.1 Å². The minimum absolute atomic E-state index is 0. The fourth-order valence-electron chi connectivity index (χ4n) is 1.23. The summed E-state index contributed by atoms with van der Waals surface area (Å²) in [6, 6.07) is 5.63. The van der Waals surface area contributed by atoms with Gasteiger partial charge < -0.3 is 59.7 Å². The summed E-state index contributed by atoms with van der Waals surface area (Å²) in [6.07, 6.45) is 0. The normalized spacial score (nSPS) is 6.35. The van der Waals surface area contributed by atoms with E-state index in [0.29, 0.717) is 5.46 Å². The molecule has 0 saturated carbocycles. The van der Waals surface area contributed by atoms with Gasteiger partial charge in [0.15, 0.2) is 0 Å². The third kappa shape index (κ3) is 11.4. The fourth-order valence-corrected chi connectivity index (χ4v) is 1.23. The maximum absolute atomic E-state index is 8.94. The summed E-state index contributed by atoms with van der Waals surface area (Å²) in [5, 5.41) is 17.9. The number of halogens is 4. The second kappa shape index (κ2) is 17.9. The van der Waals surface area contributed by atoms with Crippen LogP contribution in [-0.4, -0.2) is 63.3 Å². The molecule has 9 heteroatoms. The molecule has 90 valence electrons. The van der Waals surface area contributed by atoms with Crippen molar-refractivity contribution in [3.63, 3.8) is 0 Å². The Balaban J connectivity index is -0.0000000504. The van der Waals surface area contributed by atoms with Crippen LogP contribution in [0.2, 0.25) is 0 Å². The van der Waals surface area contributed by atoms with Crippen LogP contribution in [0, 0.1) is 13.8 Å². The van der Waals surface area contributed by atoms with E-state index < -0.39 is 7.12 Å². The van der Waals surface area contributed by atoms with Gasteiger partial charge in [-0.05, 0) is 19.3 Å². The third-order valence-corrected chi connectivity index (χ3v) is 1.80. The van der Waals surface area contributed by atoms with Gasteiger partial charge in [-0.15, -0.1) is 0 Å². The quantitative estimate of drug-likeness (QED) is 0.499. The van der Waals surface area contributed by atoms with Gasteiger partial charge >= 0.3 is 53.2 Å². The van der Waals surface area contributed by atoms with E-state index in [1.165, 1.54) is 0 Å². The van der Waals surface area contributed by atoms with Crippen LogP contribution in [0.25, 0.3) is 0 Å². The maximum atomic E-state index is 8.94. The van der Waals surface area contributed by atoms with Crippen LogP contribution in [-0.2, 0) is 0 Å². The van der Waals surface area contributed by atoms with Crippen LogP contribution in [0.5, 0.6) is 0 Å². The molecule has 0 aromatic heterocycles. The molecule has 0 aliphatic carbocycles. The molecular weight excluding hydrogens is 329 g/mol. The topological polar surface area (TPSA) is 40.5 Å². The van der Waals surface area contributed by atoms with Crippen molar-refractivity contribution in [1.29, 1.82) is 0 Å². The number of aryl methyl sites for hydroxylation is 2. The molecule has 2 N–H and O–H groups in total. The summed E-state index contributed by atoms with van der Waals surface area (Å²) in [4.78, 5) is 0. The Morgan fingerprint density at radius 1 is 0.824 bits per heavy atom. The summed E-state index contributed by atoms with van der Waals surface area (Å²) < 4.78 is 0. The molecule has 0 spiro atoms. The summed E-state index contributed by atoms with van der Waals surface area (Å²) >= 11 is 0. The Morgan fingerprint density at radius 3 is 1.29 bits per heavy atom. The molecule has 0 aliphatic rings. The molecule has 0 heterocycles. The molecule has 0 radical (unpaired) electrons. The molecule has 1 rings (SSSR count). The number of hydrogen-bond acceptors (Lipinski definition) is 2. The van der Waals surface area contributed by atoms with E-state index in [-0.39, 0.29) is 95.7 Å². The molecule has 2 nitrogen and oxygen atoms in total. The molecule has 0 saturated heterocycles. The van der Waals surface area contributed by atoms with E-state index in [1.54, 1.807) is 0 Å². The van der Waals surface area contributed by atoms with Gasteiger partial charge in [0, 0.05) is 0 Å². The first kappa shape index (κ1) is 36.4. The zero-order valence-corrected chi connectivity index (χ0v) is 15.5. The molecular formula is C8H11BCl4Mg2O2. The monoisotopic (exact) mass is 338 g/mol. The van der Waals surface area contributed by atoms with Gasteiger partial charge in [-0.2, -0.15) is 0 Å². The van der Waals surface area contributed by atoms with Gasteiger partial charge in [0.05, 0.1) is 0 Å². The average molecular weight is 340 g/mol. The zero-order valence-electron chi connectivity index (χ0n) is 9.63. The number of hydrogen-bond donors (Lipinski definition) is 2. The number of rotatable bonds is 1. The van der Waals surface area contributed by atoms with Gasteiger partial charge in [-0.1, -0.05) is 29.3 Å². The largest absolute Gasteiger partial charge is 2.00 e. The van der Waals surface area contributed by atoms with Crippen LogP contribution < -0.4 is 55.1 Å². The molecule has 0 unspecified atom stereocenters. The van der Waals surface area contributed by atoms with Crippen molar-refractivity contribution in [2.45, 2.75) is 13.8 Å². The fraction of sp³-hybridized carbons (Fsp3) is 0.250. The first-order valence-corrected chi connectivity index (χ1v) is 3.55. The molecule has 0 fully saturated rings. The first-order chi connectivity index (χ1) is 5.13. The second-order valence-electron chi connectivity index (χ2n) is 2.68. The van der Waals surface area contributed by atoms with Gasteiger partial charge in [0.1, 0.15) is 0 Å². The average Bonchev–Trinajstić information content (AvgIpc) is 1.85. The van der Waals surface area contributed by atoms with Gasteiger partial charge in [0.25, 0.3) is 0 Å². The smallest absolute Gasteiger partial charge is 1.00 e. The standard InChI is InChI=1S/C8H11BO2.4ClH.2Mg/c1-6-4-3-5-7(2)8(6)9(10)11;;;;;;/h3-5,10-11H,1-2H3;4*1H;;/q;;;;;2*+2/p-4. The van der Waals surface area contributed by atoms with E-state index in [9.17, 15) is 0 Å². The second-order valence-corrected chi connectivity index (χ2v) is 2.68. The Hall–Kier alpha value is 1.90. The Labute approximate surface area is 160 Å². The van der Waals surface area contributed by atoms with Gasteiger partial charge in [-0.3, -0.25) is 0 Å². The Kier molecular flexibility index (Phi) is 38.3. The van der Waals surface area contributed by atoms with Crippen LogP contribution in [0.15, 0.2) is 18.2 Å². The SMILES string of the molecule is Cc1cccc(C)c1B(O)O.[Cl-].[Cl-].[Cl-].[Cl-].[Mg+2].[Mg+2]. The van der Waals surface area contributed by atoms with Crippen LogP contribution in [0.4, 0.5) is 0 Å². The third-order valence-electron chi connectivity index (χ3n) is 1.80. The molecule has 0 aliphatic heterocycles. The summed E-state index contributed by atoms with van der Waals surface area (Å²) in [7, 11) is -1.35. The van der Waals surface area contributed by atoms with E-state index >= 15 is 0 Å². The predicted octanol–water partition coefficient (Wildman–Crippen LogP) is -12.8. The summed E-state index contributed by atoms with van der Waals surface area (Å²) in [5.74, 6) is 0. The van der Waals surface area contributed by atoms with Crippen LogP contribution in [0.3, 0.4) is 0 Å². The van der Waals surface area contributed by atoms with E-state index in [1.807, 2.05) is 32.0 Å². The zero-order chi connectivity index (χ0) is 8.43. The predicted molar refractivity (Wildman–Crippen MR) is 57.2 cm³/mol. The minimum atomic E-state index is -1.35. The van der Waals surface area contributed by atoms with E-state index in [2.05, 4.69) is 0 Å².